The van der Waals surface area contributed by atoms with Crippen molar-refractivity contribution in [1.82, 2.24) is 19.8 Å². The van der Waals surface area contributed by atoms with Crippen LogP contribution in [0.3, 0.4) is 0 Å². The number of anilines is 1. The van der Waals surface area contributed by atoms with Gasteiger partial charge in [-0.3, -0.25) is 0 Å². The van der Waals surface area contributed by atoms with Gasteiger partial charge in [-0.15, -0.1) is 15.3 Å². The Morgan fingerprint density at radius 3 is 2.52 bits per heavy atom. The second-order valence-corrected chi connectivity index (χ2v) is 5.42. The van der Waals surface area contributed by atoms with Crippen LogP contribution in [0, 0.1) is 0 Å². The van der Waals surface area contributed by atoms with Crippen LogP contribution in [-0.2, 0) is 19.1 Å². The fourth-order valence-corrected chi connectivity index (χ4v) is 2.82. The van der Waals surface area contributed by atoms with Crippen molar-refractivity contribution in [2.24, 2.45) is 0 Å². The van der Waals surface area contributed by atoms with Gasteiger partial charge in [0.2, 0.25) is 0 Å². The molecule has 0 spiro atoms. The molecule has 5 nitrogen and oxygen atoms in total. The third-order valence-electron chi connectivity index (χ3n) is 3.96. The van der Waals surface area contributed by atoms with E-state index in [-0.39, 0.29) is 5.65 Å². The lowest BCUT2D eigenvalue weighted by Crippen LogP contribution is -2.31. The molecule has 0 amide bonds. The zero-order chi connectivity index (χ0) is 16.0. The van der Waals surface area contributed by atoms with Crippen LogP contribution in [0.2, 0.25) is 0 Å². The number of alkyl halides is 3. The molecule has 0 saturated heterocycles. The molecule has 8 heteroatoms. The van der Waals surface area contributed by atoms with Crippen LogP contribution in [0.15, 0.2) is 36.4 Å². The smallest absolute Gasteiger partial charge is 0.351 e. The predicted octanol–water partition coefficient (Wildman–Crippen LogP) is 2.71. The normalized spacial score (nSPS) is 15.0. The largest absolute Gasteiger partial charge is 0.453 e. The molecule has 0 radical (unpaired) electrons. The van der Waals surface area contributed by atoms with Gasteiger partial charge in [0.1, 0.15) is 5.82 Å². The zero-order valence-electron chi connectivity index (χ0n) is 12.0. The highest BCUT2D eigenvalue weighted by Crippen LogP contribution is 2.28. The molecular weight excluding hydrogens is 307 g/mol. The highest BCUT2D eigenvalue weighted by Gasteiger charge is 2.37. The van der Waals surface area contributed by atoms with E-state index in [9.17, 15) is 13.2 Å². The molecule has 4 rings (SSSR count). The van der Waals surface area contributed by atoms with E-state index in [4.69, 9.17) is 0 Å². The van der Waals surface area contributed by atoms with E-state index in [2.05, 4.69) is 21.4 Å². The predicted molar refractivity (Wildman–Crippen MR) is 77.0 cm³/mol. The number of fused-ring (bicyclic) bond motifs is 2. The third kappa shape index (κ3) is 2.39. The van der Waals surface area contributed by atoms with E-state index in [1.165, 1.54) is 17.2 Å². The van der Waals surface area contributed by atoms with Crippen LogP contribution in [0.25, 0.3) is 5.65 Å². The minimum atomic E-state index is -4.58. The molecule has 3 heterocycles. The molecule has 0 fully saturated rings. The first-order valence-corrected chi connectivity index (χ1v) is 7.14. The van der Waals surface area contributed by atoms with E-state index in [1.807, 2.05) is 23.1 Å². The van der Waals surface area contributed by atoms with E-state index >= 15 is 0 Å². The van der Waals surface area contributed by atoms with Crippen LogP contribution in [0.4, 0.5) is 19.0 Å². The monoisotopic (exact) mass is 319 g/mol. The van der Waals surface area contributed by atoms with Gasteiger partial charge in [-0.1, -0.05) is 24.3 Å². The molecule has 0 saturated carbocycles. The number of hydrogen-bond acceptors (Lipinski definition) is 4. The summed E-state index contributed by atoms with van der Waals surface area (Å²) in [5.74, 6) is -0.621. The van der Waals surface area contributed by atoms with Gasteiger partial charge < -0.3 is 4.90 Å². The summed E-state index contributed by atoms with van der Waals surface area (Å²) >= 11 is 0. The Balaban J connectivity index is 1.73. The molecule has 1 aromatic carbocycles. The second-order valence-electron chi connectivity index (χ2n) is 5.42. The Morgan fingerprint density at radius 2 is 1.74 bits per heavy atom. The summed E-state index contributed by atoms with van der Waals surface area (Å²) in [6, 6.07) is 11.2. The molecule has 3 aromatic rings. The van der Waals surface area contributed by atoms with Crippen molar-refractivity contribution in [3.8, 4) is 0 Å². The Hall–Kier alpha value is -2.64. The summed E-state index contributed by atoms with van der Waals surface area (Å²) < 4.78 is 39.6. The summed E-state index contributed by atoms with van der Waals surface area (Å²) in [7, 11) is 0. The summed E-state index contributed by atoms with van der Waals surface area (Å²) in [6.07, 6.45) is -3.75. The Bertz CT molecular complexity index is 871. The fourth-order valence-electron chi connectivity index (χ4n) is 2.82. The molecule has 2 aromatic heterocycles. The molecular formula is C15H12F3N5. The van der Waals surface area contributed by atoms with Crippen molar-refractivity contribution < 1.29 is 13.2 Å². The Labute approximate surface area is 129 Å². The van der Waals surface area contributed by atoms with Crippen molar-refractivity contribution in [1.29, 1.82) is 0 Å². The number of benzene rings is 1. The fraction of sp³-hybridized carbons (Fsp3) is 0.267. The maximum absolute atomic E-state index is 12.9. The lowest BCUT2D eigenvalue weighted by molar-refractivity contribution is -0.146. The van der Waals surface area contributed by atoms with Crippen LogP contribution in [0.1, 0.15) is 17.0 Å². The lowest BCUT2D eigenvalue weighted by atomic mass is 10.00. The number of aromatic nitrogens is 4. The minimum Gasteiger partial charge on any atom is -0.351 e. The van der Waals surface area contributed by atoms with Gasteiger partial charge in [-0.2, -0.15) is 17.7 Å². The van der Waals surface area contributed by atoms with E-state index in [0.29, 0.717) is 18.9 Å². The average molecular weight is 319 g/mol. The quantitative estimate of drug-likeness (QED) is 0.692. The van der Waals surface area contributed by atoms with Crippen LogP contribution in [0.5, 0.6) is 0 Å². The van der Waals surface area contributed by atoms with Crippen LogP contribution < -0.4 is 4.90 Å². The first-order valence-electron chi connectivity index (χ1n) is 7.14. The molecule has 0 unspecified atom stereocenters. The standard InChI is InChI=1S/C15H12F3N5/c16-15(17,18)14-20-19-12-5-6-13(21-23(12)14)22-8-7-10-3-1-2-4-11(10)9-22/h1-6H,7-9H2. The SMILES string of the molecule is FC(F)(F)c1nnc2ccc(N3CCc4ccccc4C3)nn12. The summed E-state index contributed by atoms with van der Waals surface area (Å²) in [4.78, 5) is 1.96. The average Bonchev–Trinajstić information content (AvgIpc) is 2.97. The van der Waals surface area contributed by atoms with Gasteiger partial charge in [0.25, 0.3) is 5.82 Å². The van der Waals surface area contributed by atoms with Gasteiger partial charge in [0.15, 0.2) is 5.65 Å². The first-order chi connectivity index (χ1) is 11.0. The molecule has 1 aliphatic heterocycles. The second kappa shape index (κ2) is 4.94. The highest BCUT2D eigenvalue weighted by molar-refractivity contribution is 5.48. The summed E-state index contributed by atoms with van der Waals surface area (Å²) in [5.41, 5.74) is 2.52. The first kappa shape index (κ1) is 14.0. The maximum atomic E-state index is 12.9. The summed E-state index contributed by atoms with van der Waals surface area (Å²) in [5, 5.41) is 10.8. The topological polar surface area (TPSA) is 46.3 Å². The van der Waals surface area contributed by atoms with Gasteiger partial charge in [-0.05, 0) is 29.7 Å². The molecule has 1 aliphatic rings. The highest BCUT2D eigenvalue weighted by atomic mass is 19.4. The molecule has 0 N–H and O–H groups in total. The molecule has 0 atom stereocenters. The van der Waals surface area contributed by atoms with Crippen molar-refractivity contribution in [2.75, 3.05) is 11.4 Å². The lowest BCUT2D eigenvalue weighted by Gasteiger charge is -2.29. The molecule has 118 valence electrons. The molecule has 23 heavy (non-hydrogen) atoms. The van der Waals surface area contributed by atoms with Crippen LogP contribution >= 0.6 is 0 Å². The molecule has 0 bridgehead atoms. The van der Waals surface area contributed by atoms with Gasteiger partial charge in [0.05, 0.1) is 0 Å². The van der Waals surface area contributed by atoms with Crippen molar-refractivity contribution in [3.63, 3.8) is 0 Å². The number of nitrogens with zero attached hydrogens (tertiary/aromatic N) is 5. The molecule has 0 aliphatic carbocycles. The van der Waals surface area contributed by atoms with E-state index < -0.39 is 12.0 Å². The maximum Gasteiger partial charge on any atom is 0.453 e. The Kier molecular flexibility index (Phi) is 3.00. The van der Waals surface area contributed by atoms with E-state index in [1.54, 1.807) is 6.07 Å². The van der Waals surface area contributed by atoms with Gasteiger partial charge in [0, 0.05) is 13.1 Å². The van der Waals surface area contributed by atoms with Gasteiger partial charge >= 0.3 is 6.18 Å². The number of rotatable bonds is 1. The van der Waals surface area contributed by atoms with Crippen molar-refractivity contribution >= 4 is 11.5 Å². The number of halogens is 3. The van der Waals surface area contributed by atoms with E-state index in [0.717, 1.165) is 10.9 Å². The Morgan fingerprint density at radius 1 is 0.957 bits per heavy atom. The van der Waals surface area contributed by atoms with Crippen LogP contribution in [-0.4, -0.2) is 26.4 Å². The van der Waals surface area contributed by atoms with Gasteiger partial charge in [-0.25, -0.2) is 0 Å². The number of hydrogen-bond donors (Lipinski definition) is 0. The van der Waals surface area contributed by atoms with Crippen molar-refractivity contribution in [2.45, 2.75) is 19.1 Å². The summed E-state index contributed by atoms with van der Waals surface area (Å²) in [6.45, 7) is 1.33. The minimum absolute atomic E-state index is 0.0819. The van der Waals surface area contributed by atoms with Crippen molar-refractivity contribution in [3.05, 3.63) is 53.3 Å². The third-order valence-corrected chi connectivity index (χ3v) is 3.96. The zero-order valence-corrected chi connectivity index (χ0v) is 12.0.